The van der Waals surface area contributed by atoms with Gasteiger partial charge in [-0.1, -0.05) is 12.7 Å². The summed E-state index contributed by atoms with van der Waals surface area (Å²) in [6.07, 6.45) is 3.55. The number of allylic oxidation sites excluding steroid dienone is 2. The van der Waals surface area contributed by atoms with Gasteiger partial charge in [-0.3, -0.25) is 0 Å². The Balaban J connectivity index is 2.78. The van der Waals surface area contributed by atoms with Crippen LogP contribution >= 0.6 is 0 Å². The molecule has 0 radical (unpaired) electrons. The van der Waals surface area contributed by atoms with E-state index in [-0.39, 0.29) is 0 Å². The van der Waals surface area contributed by atoms with E-state index in [1.54, 1.807) is 16.1 Å². The van der Waals surface area contributed by atoms with Crippen molar-refractivity contribution < 1.29 is 0 Å². The highest BCUT2D eigenvalue weighted by Crippen LogP contribution is 2.14. The van der Waals surface area contributed by atoms with Crippen molar-refractivity contribution in [3.63, 3.8) is 0 Å². The highest BCUT2D eigenvalue weighted by atomic mass is 15.8. The molecule has 10 heavy (non-hydrogen) atoms. The third-order valence-corrected chi connectivity index (χ3v) is 1.24. The Morgan fingerprint density at radius 3 is 2.20 bits per heavy atom. The first-order chi connectivity index (χ1) is 4.75. The van der Waals surface area contributed by atoms with Crippen molar-refractivity contribution in [1.82, 2.24) is 10.0 Å². The molecule has 0 saturated heterocycles. The predicted octanol–water partition coefficient (Wildman–Crippen LogP) is 1.17. The van der Waals surface area contributed by atoms with Gasteiger partial charge in [0.25, 0.3) is 0 Å². The second-order valence-corrected chi connectivity index (χ2v) is 1.99. The molecule has 0 aromatic rings. The van der Waals surface area contributed by atoms with Crippen molar-refractivity contribution in [2.75, 3.05) is 14.1 Å². The summed E-state index contributed by atoms with van der Waals surface area (Å²) in [5.41, 5.74) is 0. The Hall–Kier alpha value is -1.32. The molecule has 0 aromatic heterocycles. The van der Waals surface area contributed by atoms with Gasteiger partial charge < -0.3 is 0 Å². The molecule has 0 spiro atoms. The summed E-state index contributed by atoms with van der Waals surface area (Å²) in [5.74, 6) is 0.926. The third-order valence-electron chi connectivity index (χ3n) is 1.24. The zero-order chi connectivity index (χ0) is 7.56. The molecule has 0 aliphatic carbocycles. The van der Waals surface area contributed by atoms with Crippen LogP contribution in [0.5, 0.6) is 0 Å². The van der Waals surface area contributed by atoms with Gasteiger partial charge >= 0.3 is 0 Å². The van der Waals surface area contributed by atoms with Gasteiger partial charge in [-0.05, 0) is 16.5 Å². The van der Waals surface area contributed by atoms with Crippen LogP contribution in [-0.4, -0.2) is 24.1 Å². The van der Waals surface area contributed by atoms with Crippen molar-refractivity contribution in [3.05, 3.63) is 24.6 Å². The summed E-state index contributed by atoms with van der Waals surface area (Å²) in [6.45, 7) is 3.58. The van der Waals surface area contributed by atoms with Gasteiger partial charge in [0.1, 0.15) is 5.82 Å². The number of rotatable bonds is 1. The van der Waals surface area contributed by atoms with Gasteiger partial charge in [0.15, 0.2) is 0 Å². The molecule has 54 valence electrons. The second kappa shape index (κ2) is 2.51. The van der Waals surface area contributed by atoms with Crippen molar-refractivity contribution in [1.29, 1.82) is 0 Å². The van der Waals surface area contributed by atoms with Crippen LogP contribution in [0.4, 0.5) is 0 Å². The van der Waals surface area contributed by atoms with Crippen molar-refractivity contribution in [2.45, 2.75) is 0 Å². The molecular formula is C6H10N4. The molecule has 1 rings (SSSR count). The predicted molar refractivity (Wildman–Crippen MR) is 38.7 cm³/mol. The van der Waals surface area contributed by atoms with Crippen molar-refractivity contribution in [3.8, 4) is 0 Å². The van der Waals surface area contributed by atoms with Gasteiger partial charge in [0.2, 0.25) is 0 Å². The van der Waals surface area contributed by atoms with E-state index in [9.17, 15) is 0 Å². The molecule has 0 amide bonds. The average molecular weight is 138 g/mol. The fourth-order valence-electron chi connectivity index (χ4n) is 0.742. The topological polar surface area (TPSA) is 31.2 Å². The summed E-state index contributed by atoms with van der Waals surface area (Å²) in [5, 5.41) is 10.9. The van der Waals surface area contributed by atoms with Crippen LogP contribution in [0, 0.1) is 0 Å². The fourth-order valence-corrected chi connectivity index (χ4v) is 0.742. The molecule has 0 fully saturated rings. The molecule has 1 heterocycles. The van der Waals surface area contributed by atoms with Gasteiger partial charge in [0.05, 0.1) is 0 Å². The van der Waals surface area contributed by atoms with E-state index < -0.39 is 0 Å². The Labute approximate surface area is 60.1 Å². The highest BCUT2D eigenvalue weighted by molar-refractivity contribution is 5.07. The molecule has 4 heteroatoms. The largest absolute Gasteiger partial charge is 0.231 e. The van der Waals surface area contributed by atoms with E-state index in [1.165, 1.54) is 0 Å². The molecule has 4 nitrogen and oxygen atoms in total. The third kappa shape index (κ3) is 1.00. The van der Waals surface area contributed by atoms with E-state index in [4.69, 9.17) is 0 Å². The summed E-state index contributed by atoms with van der Waals surface area (Å²) >= 11 is 0. The smallest absolute Gasteiger partial charge is 0.148 e. The van der Waals surface area contributed by atoms with Crippen LogP contribution in [0.1, 0.15) is 0 Å². The molecule has 0 unspecified atom stereocenters. The second-order valence-electron chi connectivity index (χ2n) is 1.99. The van der Waals surface area contributed by atoms with Crippen LogP contribution in [0.15, 0.2) is 35.0 Å². The summed E-state index contributed by atoms with van der Waals surface area (Å²) in [7, 11) is 3.67. The standard InChI is InChI=1S/C6H10N4/c1-4-5-6-9(2)7-8-10(6)3/h4-5H,1H2,2-3H3. The minimum atomic E-state index is 0.926. The molecule has 0 atom stereocenters. The summed E-state index contributed by atoms with van der Waals surface area (Å²) in [4.78, 5) is 0. The monoisotopic (exact) mass is 138 g/mol. The molecular weight excluding hydrogens is 128 g/mol. The molecule has 1 aliphatic rings. The Morgan fingerprint density at radius 2 is 1.80 bits per heavy atom. The van der Waals surface area contributed by atoms with E-state index in [0.29, 0.717) is 0 Å². The lowest BCUT2D eigenvalue weighted by Gasteiger charge is -2.10. The fraction of sp³-hybridized carbons (Fsp3) is 0.333. The molecule has 0 aromatic carbocycles. The maximum atomic E-state index is 3.79. The van der Waals surface area contributed by atoms with Gasteiger partial charge in [0, 0.05) is 14.1 Å². The molecule has 0 saturated carbocycles. The number of hydrogen-bond acceptors (Lipinski definition) is 4. The zero-order valence-corrected chi connectivity index (χ0v) is 6.15. The zero-order valence-electron chi connectivity index (χ0n) is 6.15. The molecule has 1 aliphatic heterocycles. The lowest BCUT2D eigenvalue weighted by atomic mass is 10.5. The van der Waals surface area contributed by atoms with Crippen LogP contribution in [0.3, 0.4) is 0 Å². The lowest BCUT2D eigenvalue weighted by molar-refractivity contribution is 0.379. The Morgan fingerprint density at radius 1 is 1.30 bits per heavy atom. The van der Waals surface area contributed by atoms with Crippen LogP contribution in [0.25, 0.3) is 0 Å². The lowest BCUT2D eigenvalue weighted by Crippen LogP contribution is -2.15. The summed E-state index contributed by atoms with van der Waals surface area (Å²) < 4.78 is 0. The normalized spacial score (nSPS) is 16.4. The van der Waals surface area contributed by atoms with Crippen molar-refractivity contribution in [2.24, 2.45) is 10.4 Å². The van der Waals surface area contributed by atoms with Crippen molar-refractivity contribution >= 4 is 0 Å². The van der Waals surface area contributed by atoms with Crippen LogP contribution < -0.4 is 0 Å². The molecule has 0 bridgehead atoms. The summed E-state index contributed by atoms with van der Waals surface area (Å²) in [6, 6.07) is 0. The SMILES string of the molecule is C=CC=C1N(C)N=NN1C. The Bertz CT molecular complexity index is 180. The Kier molecular flexibility index (Phi) is 1.71. The van der Waals surface area contributed by atoms with Gasteiger partial charge in [-0.2, -0.15) is 0 Å². The maximum absolute atomic E-state index is 3.79. The minimum absolute atomic E-state index is 0.926. The first-order valence-electron chi connectivity index (χ1n) is 2.97. The maximum Gasteiger partial charge on any atom is 0.148 e. The first kappa shape index (κ1) is 6.80. The number of hydrogen-bond donors (Lipinski definition) is 0. The van der Waals surface area contributed by atoms with Crippen LogP contribution in [-0.2, 0) is 0 Å². The van der Waals surface area contributed by atoms with E-state index in [2.05, 4.69) is 17.0 Å². The number of nitrogens with zero attached hydrogens (tertiary/aromatic N) is 4. The first-order valence-corrected chi connectivity index (χ1v) is 2.97. The minimum Gasteiger partial charge on any atom is -0.231 e. The van der Waals surface area contributed by atoms with Gasteiger partial charge in [-0.15, -0.1) is 0 Å². The quantitative estimate of drug-likeness (QED) is 0.544. The van der Waals surface area contributed by atoms with E-state index in [0.717, 1.165) is 5.82 Å². The van der Waals surface area contributed by atoms with E-state index in [1.807, 2.05) is 20.2 Å². The van der Waals surface area contributed by atoms with Crippen LogP contribution in [0.2, 0.25) is 0 Å². The average Bonchev–Trinajstić information content (AvgIpc) is 2.20. The van der Waals surface area contributed by atoms with Gasteiger partial charge in [-0.25, -0.2) is 10.0 Å². The van der Waals surface area contributed by atoms with E-state index >= 15 is 0 Å². The molecule has 0 N–H and O–H groups in total. The highest BCUT2D eigenvalue weighted by Gasteiger charge is 2.13.